The molecule has 0 saturated carbocycles. The van der Waals surface area contributed by atoms with Gasteiger partial charge in [0.2, 0.25) is 5.91 Å². The summed E-state index contributed by atoms with van der Waals surface area (Å²) in [5, 5.41) is 6.66. The number of benzene rings is 1. The van der Waals surface area contributed by atoms with Crippen molar-refractivity contribution in [2.24, 2.45) is 0 Å². The van der Waals surface area contributed by atoms with E-state index < -0.39 is 0 Å². The van der Waals surface area contributed by atoms with Gasteiger partial charge in [0.15, 0.2) is 5.16 Å². The van der Waals surface area contributed by atoms with E-state index in [9.17, 15) is 9.59 Å². The van der Waals surface area contributed by atoms with Gasteiger partial charge in [0.1, 0.15) is 0 Å². The van der Waals surface area contributed by atoms with E-state index in [1.807, 2.05) is 44.2 Å². The average molecular weight is 320 g/mol. The van der Waals surface area contributed by atoms with E-state index >= 15 is 0 Å². The van der Waals surface area contributed by atoms with Gasteiger partial charge in [-0.3, -0.25) is 9.36 Å². The summed E-state index contributed by atoms with van der Waals surface area (Å²) in [6.45, 7) is 4.40. The van der Waals surface area contributed by atoms with E-state index in [2.05, 4.69) is 10.2 Å². The number of H-pyrrole nitrogens is 1. The lowest BCUT2D eigenvalue weighted by molar-refractivity contribution is -0.117. The maximum absolute atomic E-state index is 12.5. The summed E-state index contributed by atoms with van der Waals surface area (Å²) < 4.78 is 1.57. The first-order valence-electron chi connectivity index (χ1n) is 7.19. The largest absolute Gasteiger partial charge is 0.343 e. The molecule has 2 aromatic rings. The smallest absolute Gasteiger partial charge is 0.315 e. The van der Waals surface area contributed by atoms with Gasteiger partial charge in [-0.2, -0.15) is 0 Å². The van der Waals surface area contributed by atoms with Crippen molar-refractivity contribution in [2.75, 3.05) is 11.9 Å². The van der Waals surface area contributed by atoms with Crippen LogP contribution in [0.4, 0.5) is 5.69 Å². The molecule has 0 spiro atoms. The van der Waals surface area contributed by atoms with E-state index in [0.717, 1.165) is 12.1 Å². The van der Waals surface area contributed by atoms with Crippen molar-refractivity contribution < 1.29 is 4.79 Å². The van der Waals surface area contributed by atoms with E-state index in [-0.39, 0.29) is 16.8 Å². The Balaban J connectivity index is 2.10. The molecule has 7 heteroatoms. The second-order valence-corrected chi connectivity index (χ2v) is 6.26. The minimum Gasteiger partial charge on any atom is -0.315 e. The molecule has 118 valence electrons. The second-order valence-electron chi connectivity index (χ2n) is 4.96. The third-order valence-electron chi connectivity index (χ3n) is 3.27. The molecule has 0 aliphatic heterocycles. The highest BCUT2D eigenvalue weighted by Gasteiger charge is 2.22. The van der Waals surface area contributed by atoms with Crippen LogP contribution in [0, 0.1) is 0 Å². The Labute approximate surface area is 133 Å². The van der Waals surface area contributed by atoms with Crippen molar-refractivity contribution in [2.45, 2.75) is 37.2 Å². The molecule has 1 aromatic heterocycles. The van der Waals surface area contributed by atoms with Crippen LogP contribution in [-0.2, 0) is 11.3 Å². The standard InChI is InChI=1S/C15H20N4O2S/c1-4-10-19-14(21)16-17-15(19)22-11(2)13(20)18(3)12-8-6-5-7-9-12/h5-9,11H,4,10H2,1-3H3,(H,16,21). The molecule has 1 amide bonds. The molecular formula is C15H20N4O2S. The lowest BCUT2D eigenvalue weighted by Crippen LogP contribution is -2.33. The van der Waals surface area contributed by atoms with E-state index in [4.69, 9.17) is 0 Å². The number of amides is 1. The summed E-state index contributed by atoms with van der Waals surface area (Å²) in [4.78, 5) is 25.8. The number of para-hydroxylation sites is 1. The van der Waals surface area contributed by atoms with Crippen LogP contribution >= 0.6 is 11.8 Å². The number of thioether (sulfide) groups is 1. The van der Waals surface area contributed by atoms with Gasteiger partial charge in [0, 0.05) is 19.3 Å². The molecule has 0 aliphatic rings. The van der Waals surface area contributed by atoms with Crippen LogP contribution in [0.3, 0.4) is 0 Å². The fourth-order valence-electron chi connectivity index (χ4n) is 2.07. The number of rotatable bonds is 6. The number of carbonyl (C=O) groups excluding carboxylic acids is 1. The molecule has 2 rings (SSSR count). The number of nitrogens with zero attached hydrogens (tertiary/aromatic N) is 3. The average Bonchev–Trinajstić information content (AvgIpc) is 2.88. The van der Waals surface area contributed by atoms with Gasteiger partial charge < -0.3 is 4.90 Å². The molecule has 22 heavy (non-hydrogen) atoms. The molecule has 0 fully saturated rings. The van der Waals surface area contributed by atoms with Crippen LogP contribution in [-0.4, -0.2) is 33.0 Å². The first kappa shape index (κ1) is 16.4. The Morgan fingerprint density at radius 2 is 2.09 bits per heavy atom. The van der Waals surface area contributed by atoms with Crippen molar-refractivity contribution in [1.29, 1.82) is 0 Å². The fourth-order valence-corrected chi connectivity index (χ4v) is 3.05. The zero-order chi connectivity index (χ0) is 16.1. The summed E-state index contributed by atoms with van der Waals surface area (Å²) in [5.74, 6) is -0.0327. The lowest BCUT2D eigenvalue weighted by Gasteiger charge is -2.21. The Hall–Kier alpha value is -2.02. The minimum atomic E-state index is -0.337. The van der Waals surface area contributed by atoms with Crippen LogP contribution < -0.4 is 10.6 Å². The van der Waals surface area contributed by atoms with Gasteiger partial charge in [0.05, 0.1) is 5.25 Å². The molecular weight excluding hydrogens is 300 g/mol. The van der Waals surface area contributed by atoms with Crippen molar-refractivity contribution in [3.63, 3.8) is 0 Å². The summed E-state index contributed by atoms with van der Waals surface area (Å²) in [7, 11) is 1.75. The van der Waals surface area contributed by atoms with Gasteiger partial charge in [-0.15, -0.1) is 5.10 Å². The normalized spacial score (nSPS) is 12.1. The quantitative estimate of drug-likeness (QED) is 0.828. The number of aromatic amines is 1. The third kappa shape index (κ3) is 3.59. The van der Waals surface area contributed by atoms with Crippen molar-refractivity contribution >= 4 is 23.4 Å². The maximum Gasteiger partial charge on any atom is 0.343 e. The third-order valence-corrected chi connectivity index (χ3v) is 4.35. The van der Waals surface area contributed by atoms with Crippen molar-refractivity contribution in [1.82, 2.24) is 14.8 Å². The zero-order valence-electron chi connectivity index (χ0n) is 12.9. The number of carbonyl (C=O) groups is 1. The van der Waals surface area contributed by atoms with Gasteiger partial charge >= 0.3 is 5.69 Å². The molecule has 1 unspecified atom stereocenters. The molecule has 0 radical (unpaired) electrons. The summed E-state index contributed by atoms with van der Waals surface area (Å²) in [6, 6.07) is 9.47. The van der Waals surface area contributed by atoms with Gasteiger partial charge in [-0.25, -0.2) is 9.89 Å². The highest BCUT2D eigenvalue weighted by atomic mass is 32.2. The number of hydrogen-bond acceptors (Lipinski definition) is 4. The summed E-state index contributed by atoms with van der Waals surface area (Å²) in [5.41, 5.74) is 0.605. The first-order valence-corrected chi connectivity index (χ1v) is 8.07. The van der Waals surface area contributed by atoms with E-state index in [1.54, 1.807) is 16.5 Å². The number of hydrogen-bond donors (Lipinski definition) is 1. The van der Waals surface area contributed by atoms with Crippen molar-refractivity contribution in [3.05, 3.63) is 40.8 Å². The van der Waals surface area contributed by atoms with Crippen LogP contribution in [0.15, 0.2) is 40.3 Å². The lowest BCUT2D eigenvalue weighted by atomic mass is 10.3. The predicted molar refractivity (Wildman–Crippen MR) is 88.3 cm³/mol. The zero-order valence-corrected chi connectivity index (χ0v) is 13.8. The highest BCUT2D eigenvalue weighted by molar-refractivity contribution is 8.00. The van der Waals surface area contributed by atoms with Crippen LogP contribution in [0.1, 0.15) is 20.3 Å². The number of anilines is 1. The Kier molecular flexibility index (Phi) is 5.43. The van der Waals surface area contributed by atoms with E-state index in [1.165, 1.54) is 11.8 Å². The maximum atomic E-state index is 12.5. The Bertz CT molecular complexity index is 680. The monoisotopic (exact) mass is 320 g/mol. The molecule has 6 nitrogen and oxygen atoms in total. The van der Waals surface area contributed by atoms with Gasteiger partial charge in [-0.1, -0.05) is 36.9 Å². The summed E-state index contributed by atoms with van der Waals surface area (Å²) in [6.07, 6.45) is 0.833. The molecule has 0 bridgehead atoms. The summed E-state index contributed by atoms with van der Waals surface area (Å²) >= 11 is 1.29. The molecule has 1 aromatic carbocycles. The van der Waals surface area contributed by atoms with Gasteiger partial charge in [0.25, 0.3) is 0 Å². The molecule has 0 aliphatic carbocycles. The number of nitrogens with one attached hydrogen (secondary N) is 1. The predicted octanol–water partition coefficient (Wildman–Crippen LogP) is 2.12. The Morgan fingerprint density at radius 1 is 1.41 bits per heavy atom. The number of aromatic nitrogens is 3. The molecule has 1 heterocycles. The van der Waals surface area contributed by atoms with Crippen LogP contribution in [0.5, 0.6) is 0 Å². The van der Waals surface area contributed by atoms with Crippen LogP contribution in [0.2, 0.25) is 0 Å². The molecule has 1 N–H and O–H groups in total. The van der Waals surface area contributed by atoms with E-state index in [0.29, 0.717) is 11.7 Å². The van der Waals surface area contributed by atoms with Crippen LogP contribution in [0.25, 0.3) is 0 Å². The highest BCUT2D eigenvalue weighted by Crippen LogP contribution is 2.23. The SMILES string of the molecule is CCCn1c(SC(C)C(=O)N(C)c2ccccc2)n[nH]c1=O. The van der Waals surface area contributed by atoms with Crippen molar-refractivity contribution in [3.8, 4) is 0 Å². The Morgan fingerprint density at radius 3 is 2.73 bits per heavy atom. The fraction of sp³-hybridized carbons (Fsp3) is 0.400. The molecule has 1 atom stereocenters. The molecule has 0 saturated heterocycles. The second kappa shape index (κ2) is 7.31. The van der Waals surface area contributed by atoms with Gasteiger partial charge in [-0.05, 0) is 25.5 Å². The topological polar surface area (TPSA) is 71.0 Å². The first-order chi connectivity index (χ1) is 10.5. The minimum absolute atomic E-state index is 0.0327.